The molecule has 0 radical (unpaired) electrons. The minimum absolute atomic E-state index is 0.115. The number of imide groups is 2. The largest absolute Gasteiger partial charge is 0.331 e. The fraction of sp³-hybridized carbons (Fsp3) is 0.812. The van der Waals surface area contributed by atoms with Crippen LogP contribution in [0, 0.1) is 16.2 Å². The summed E-state index contributed by atoms with van der Waals surface area (Å²) in [5.74, 6) is -0.649. The number of hydrogen-bond donors (Lipinski definition) is 1. The van der Waals surface area contributed by atoms with Gasteiger partial charge in [0.15, 0.2) is 0 Å². The molecule has 116 valence electrons. The molecule has 5 nitrogen and oxygen atoms in total. The van der Waals surface area contributed by atoms with Crippen LogP contribution in [0.4, 0.5) is 4.79 Å². The molecule has 1 aliphatic heterocycles. The third kappa shape index (κ3) is 1.66. The number of nitrogens with zero attached hydrogens (tertiary/aromatic N) is 1. The smallest absolute Gasteiger partial charge is 0.277 e. The summed E-state index contributed by atoms with van der Waals surface area (Å²) >= 11 is 0. The monoisotopic (exact) mass is 292 g/mol. The summed E-state index contributed by atoms with van der Waals surface area (Å²) in [6, 6.07) is -0.672. The van der Waals surface area contributed by atoms with Crippen LogP contribution in [0.2, 0.25) is 0 Å². The second kappa shape index (κ2) is 4.08. The van der Waals surface area contributed by atoms with Crippen LogP contribution in [0.1, 0.15) is 59.8 Å². The van der Waals surface area contributed by atoms with Crippen molar-refractivity contribution in [2.75, 3.05) is 0 Å². The number of amides is 4. The van der Waals surface area contributed by atoms with Gasteiger partial charge in [-0.15, -0.1) is 0 Å². The fourth-order valence-electron chi connectivity index (χ4n) is 4.33. The van der Waals surface area contributed by atoms with Gasteiger partial charge in [-0.05, 0) is 23.7 Å². The normalized spacial score (nSPS) is 30.5. The van der Waals surface area contributed by atoms with Crippen molar-refractivity contribution in [2.24, 2.45) is 16.2 Å². The first-order valence-corrected chi connectivity index (χ1v) is 7.85. The van der Waals surface area contributed by atoms with Gasteiger partial charge in [-0.2, -0.15) is 0 Å². The first-order valence-electron chi connectivity index (χ1n) is 7.85. The van der Waals surface area contributed by atoms with E-state index < -0.39 is 11.4 Å². The van der Waals surface area contributed by atoms with Crippen LogP contribution in [-0.4, -0.2) is 28.8 Å². The summed E-state index contributed by atoms with van der Waals surface area (Å²) in [7, 11) is 0. The van der Waals surface area contributed by atoms with E-state index in [1.807, 2.05) is 0 Å². The van der Waals surface area contributed by atoms with Crippen molar-refractivity contribution < 1.29 is 14.4 Å². The van der Waals surface area contributed by atoms with Gasteiger partial charge in [0.05, 0.1) is 6.04 Å². The van der Waals surface area contributed by atoms with E-state index in [0.717, 1.165) is 19.3 Å². The van der Waals surface area contributed by atoms with Crippen LogP contribution < -0.4 is 5.32 Å². The van der Waals surface area contributed by atoms with Crippen molar-refractivity contribution in [1.82, 2.24) is 10.2 Å². The standard InChI is InChI=1S/C16H24N2O3/c1-14(2)10(15(14,3)4)18-12(20)16(8-6-5-7-9-16)11(19)17-13(18)21/h10H,5-9H2,1-4H3,(H,17,19,21). The van der Waals surface area contributed by atoms with Crippen molar-refractivity contribution in [3.63, 3.8) is 0 Å². The molecule has 4 amide bonds. The molecule has 2 aliphatic carbocycles. The Hall–Kier alpha value is -1.39. The number of carbonyl (C=O) groups excluding carboxylic acids is 3. The molecular weight excluding hydrogens is 268 g/mol. The van der Waals surface area contributed by atoms with Gasteiger partial charge in [-0.3, -0.25) is 19.8 Å². The Morgan fingerprint density at radius 2 is 1.48 bits per heavy atom. The molecule has 1 saturated heterocycles. The van der Waals surface area contributed by atoms with Crippen LogP contribution in [0.15, 0.2) is 0 Å². The van der Waals surface area contributed by atoms with Crippen LogP contribution in [0.3, 0.4) is 0 Å². The van der Waals surface area contributed by atoms with Crippen LogP contribution >= 0.6 is 0 Å². The van der Waals surface area contributed by atoms with E-state index in [1.54, 1.807) is 0 Å². The Bertz CT molecular complexity index is 516. The molecule has 0 aromatic heterocycles. The lowest BCUT2D eigenvalue weighted by molar-refractivity contribution is -0.154. The molecule has 21 heavy (non-hydrogen) atoms. The molecular formula is C16H24N2O3. The Morgan fingerprint density at radius 1 is 0.952 bits per heavy atom. The van der Waals surface area contributed by atoms with Gasteiger partial charge in [0, 0.05) is 0 Å². The minimum Gasteiger partial charge on any atom is -0.277 e. The molecule has 0 bridgehead atoms. The van der Waals surface area contributed by atoms with Crippen molar-refractivity contribution in [3.05, 3.63) is 0 Å². The van der Waals surface area contributed by atoms with Crippen molar-refractivity contribution in [2.45, 2.75) is 65.8 Å². The van der Waals surface area contributed by atoms with Crippen molar-refractivity contribution >= 4 is 17.8 Å². The summed E-state index contributed by atoms with van der Waals surface area (Å²) in [5, 5.41) is 2.44. The summed E-state index contributed by atoms with van der Waals surface area (Å²) in [4.78, 5) is 39.0. The highest BCUT2D eigenvalue weighted by Crippen LogP contribution is 2.66. The predicted molar refractivity (Wildman–Crippen MR) is 77.3 cm³/mol. The first-order chi connectivity index (χ1) is 9.66. The van der Waals surface area contributed by atoms with Crippen LogP contribution in [0.25, 0.3) is 0 Å². The van der Waals surface area contributed by atoms with Gasteiger partial charge in [-0.25, -0.2) is 4.79 Å². The number of barbiturate groups is 1. The Labute approximate surface area is 125 Å². The second-order valence-corrected chi connectivity index (χ2v) is 7.92. The van der Waals surface area contributed by atoms with E-state index in [1.165, 1.54) is 4.90 Å². The van der Waals surface area contributed by atoms with E-state index in [0.29, 0.717) is 12.8 Å². The van der Waals surface area contributed by atoms with E-state index in [2.05, 4.69) is 33.0 Å². The predicted octanol–water partition coefficient (Wildman–Crippen LogP) is 2.45. The lowest BCUT2D eigenvalue weighted by Crippen LogP contribution is -2.65. The average molecular weight is 292 g/mol. The highest BCUT2D eigenvalue weighted by Gasteiger charge is 2.72. The van der Waals surface area contributed by atoms with E-state index in [4.69, 9.17) is 0 Å². The van der Waals surface area contributed by atoms with Gasteiger partial charge >= 0.3 is 6.03 Å². The zero-order valence-electron chi connectivity index (χ0n) is 13.3. The topological polar surface area (TPSA) is 66.5 Å². The number of hydrogen-bond acceptors (Lipinski definition) is 3. The number of urea groups is 1. The van der Waals surface area contributed by atoms with Gasteiger partial charge in [0.1, 0.15) is 5.41 Å². The SMILES string of the molecule is CC1(C)C(N2C(=O)NC(=O)C3(CCCCC3)C2=O)C1(C)C. The minimum atomic E-state index is -0.999. The van der Waals surface area contributed by atoms with Gasteiger partial charge in [0.2, 0.25) is 11.8 Å². The summed E-state index contributed by atoms with van der Waals surface area (Å²) in [5.41, 5.74) is -1.23. The maximum atomic E-state index is 13.0. The molecule has 5 heteroatoms. The maximum absolute atomic E-state index is 13.0. The van der Waals surface area contributed by atoms with Crippen molar-refractivity contribution in [1.29, 1.82) is 0 Å². The molecule has 3 aliphatic rings. The highest BCUT2D eigenvalue weighted by atomic mass is 16.2. The van der Waals surface area contributed by atoms with Crippen LogP contribution in [-0.2, 0) is 9.59 Å². The zero-order chi connectivity index (χ0) is 15.6. The molecule has 0 atom stereocenters. The van der Waals surface area contributed by atoms with E-state index in [-0.39, 0.29) is 28.7 Å². The van der Waals surface area contributed by atoms with Gasteiger partial charge in [0.25, 0.3) is 0 Å². The molecule has 0 aromatic carbocycles. The fourth-order valence-corrected chi connectivity index (χ4v) is 4.33. The molecule has 1 spiro atoms. The molecule has 0 aromatic rings. The first kappa shape index (κ1) is 14.5. The molecule has 1 N–H and O–H groups in total. The second-order valence-electron chi connectivity index (χ2n) is 7.92. The number of nitrogens with one attached hydrogen (secondary N) is 1. The van der Waals surface area contributed by atoms with Gasteiger partial charge in [-0.1, -0.05) is 47.0 Å². The summed E-state index contributed by atoms with van der Waals surface area (Å²) in [6.45, 7) is 8.29. The summed E-state index contributed by atoms with van der Waals surface area (Å²) in [6.07, 6.45) is 3.93. The molecule has 2 saturated carbocycles. The lowest BCUT2D eigenvalue weighted by atomic mass is 9.71. The third-order valence-electron chi connectivity index (χ3n) is 6.41. The Morgan fingerprint density at radius 3 is 1.95 bits per heavy atom. The van der Waals surface area contributed by atoms with E-state index in [9.17, 15) is 14.4 Å². The third-order valence-corrected chi connectivity index (χ3v) is 6.41. The van der Waals surface area contributed by atoms with Crippen LogP contribution in [0.5, 0.6) is 0 Å². The molecule has 3 fully saturated rings. The molecule has 3 rings (SSSR count). The zero-order valence-corrected chi connectivity index (χ0v) is 13.3. The molecule has 1 heterocycles. The number of carbonyl (C=O) groups is 3. The average Bonchev–Trinajstić information content (AvgIpc) is 2.81. The van der Waals surface area contributed by atoms with Crippen molar-refractivity contribution in [3.8, 4) is 0 Å². The summed E-state index contributed by atoms with van der Waals surface area (Å²) < 4.78 is 0. The Balaban J connectivity index is 1.97. The lowest BCUT2D eigenvalue weighted by Gasteiger charge is -2.42. The molecule has 0 unspecified atom stereocenters. The number of rotatable bonds is 1. The maximum Gasteiger partial charge on any atom is 0.331 e. The Kier molecular flexibility index (Phi) is 2.83. The van der Waals surface area contributed by atoms with Gasteiger partial charge < -0.3 is 0 Å². The van der Waals surface area contributed by atoms with E-state index >= 15 is 0 Å². The quantitative estimate of drug-likeness (QED) is 0.755. The highest BCUT2D eigenvalue weighted by molar-refractivity contribution is 6.19.